The van der Waals surface area contributed by atoms with Gasteiger partial charge in [-0.15, -0.1) is 0 Å². The Morgan fingerprint density at radius 1 is 0.750 bits per heavy atom. The van der Waals surface area contributed by atoms with Gasteiger partial charge in [0.25, 0.3) is 0 Å². The van der Waals surface area contributed by atoms with Crippen LogP contribution in [0.25, 0.3) is 0 Å². The standard InChI is InChI=1S/C12H24/c1-9(2)11(5)7-12(6,8-11)10(3)4/h9-10H,7-8H2,1-6H3. The zero-order chi connectivity index (χ0) is 9.57. The largest absolute Gasteiger partial charge is 0.0623 e. The monoisotopic (exact) mass is 168 g/mol. The van der Waals surface area contributed by atoms with E-state index in [2.05, 4.69) is 41.5 Å². The van der Waals surface area contributed by atoms with Gasteiger partial charge in [0.05, 0.1) is 0 Å². The second-order valence-corrected chi connectivity index (χ2v) is 5.97. The summed E-state index contributed by atoms with van der Waals surface area (Å²) in [5, 5.41) is 0. The van der Waals surface area contributed by atoms with Crippen molar-refractivity contribution in [1.29, 1.82) is 0 Å². The molecule has 0 aromatic rings. The van der Waals surface area contributed by atoms with Crippen molar-refractivity contribution < 1.29 is 0 Å². The Labute approximate surface area is 77.7 Å². The summed E-state index contributed by atoms with van der Waals surface area (Å²) in [7, 11) is 0. The van der Waals surface area contributed by atoms with E-state index in [1.807, 2.05) is 0 Å². The molecule has 0 atom stereocenters. The molecular formula is C12H24. The first-order valence-electron chi connectivity index (χ1n) is 5.30. The van der Waals surface area contributed by atoms with E-state index in [4.69, 9.17) is 0 Å². The minimum atomic E-state index is 0.638. The van der Waals surface area contributed by atoms with Crippen LogP contribution in [0.1, 0.15) is 54.4 Å². The molecule has 0 saturated heterocycles. The molecule has 0 nitrogen and oxygen atoms in total. The summed E-state index contributed by atoms with van der Waals surface area (Å²) in [6.45, 7) is 14.3. The topological polar surface area (TPSA) is 0 Å². The summed E-state index contributed by atoms with van der Waals surface area (Å²) in [4.78, 5) is 0. The molecule has 0 heterocycles. The molecular weight excluding hydrogens is 144 g/mol. The molecule has 72 valence electrons. The Morgan fingerprint density at radius 2 is 1.00 bits per heavy atom. The van der Waals surface area contributed by atoms with E-state index in [1.165, 1.54) is 12.8 Å². The van der Waals surface area contributed by atoms with Gasteiger partial charge in [-0.25, -0.2) is 0 Å². The van der Waals surface area contributed by atoms with E-state index >= 15 is 0 Å². The molecule has 0 N–H and O–H groups in total. The number of rotatable bonds is 2. The summed E-state index contributed by atoms with van der Waals surface area (Å²) >= 11 is 0. The first kappa shape index (κ1) is 10.1. The summed E-state index contributed by atoms with van der Waals surface area (Å²) in [5.41, 5.74) is 1.28. The fraction of sp³-hybridized carbons (Fsp3) is 1.00. The van der Waals surface area contributed by atoms with Gasteiger partial charge in [0.15, 0.2) is 0 Å². The first-order valence-corrected chi connectivity index (χ1v) is 5.30. The maximum absolute atomic E-state index is 2.45. The zero-order valence-corrected chi connectivity index (χ0v) is 9.57. The highest BCUT2D eigenvalue weighted by molar-refractivity contribution is 5.01. The van der Waals surface area contributed by atoms with Crippen molar-refractivity contribution in [2.75, 3.05) is 0 Å². The van der Waals surface area contributed by atoms with Gasteiger partial charge in [0, 0.05) is 0 Å². The highest BCUT2D eigenvalue weighted by Gasteiger charge is 2.51. The average molecular weight is 168 g/mol. The third-order valence-corrected chi connectivity index (χ3v) is 4.40. The minimum Gasteiger partial charge on any atom is -0.0623 e. The first-order chi connectivity index (χ1) is 5.30. The van der Waals surface area contributed by atoms with Crippen molar-refractivity contribution in [2.45, 2.75) is 54.4 Å². The predicted octanol–water partition coefficient (Wildman–Crippen LogP) is 4.10. The van der Waals surface area contributed by atoms with Crippen molar-refractivity contribution >= 4 is 0 Å². The van der Waals surface area contributed by atoms with E-state index in [0.29, 0.717) is 10.8 Å². The molecule has 1 aliphatic carbocycles. The quantitative estimate of drug-likeness (QED) is 0.582. The van der Waals surface area contributed by atoms with Gasteiger partial charge in [-0.1, -0.05) is 41.5 Å². The van der Waals surface area contributed by atoms with Crippen LogP contribution in [0.5, 0.6) is 0 Å². The molecule has 1 saturated carbocycles. The van der Waals surface area contributed by atoms with E-state index in [-0.39, 0.29) is 0 Å². The average Bonchev–Trinajstić information content (AvgIpc) is 1.83. The van der Waals surface area contributed by atoms with Crippen LogP contribution in [0.3, 0.4) is 0 Å². The smallest absolute Gasteiger partial charge is 0.0292 e. The summed E-state index contributed by atoms with van der Waals surface area (Å²) in [5.74, 6) is 1.70. The molecule has 1 fully saturated rings. The lowest BCUT2D eigenvalue weighted by molar-refractivity contribution is -0.0774. The van der Waals surface area contributed by atoms with Gasteiger partial charge in [0.1, 0.15) is 0 Å². The Morgan fingerprint density at radius 3 is 1.17 bits per heavy atom. The van der Waals surface area contributed by atoms with E-state index in [1.54, 1.807) is 0 Å². The third-order valence-electron chi connectivity index (χ3n) is 4.40. The highest BCUT2D eigenvalue weighted by atomic mass is 14.6. The SMILES string of the molecule is CC(C)C1(C)CC(C)(C(C)C)C1. The Balaban J connectivity index is 2.56. The molecule has 0 bridgehead atoms. The molecule has 0 aromatic heterocycles. The maximum Gasteiger partial charge on any atom is -0.0292 e. The van der Waals surface area contributed by atoms with Crippen LogP contribution in [0, 0.1) is 22.7 Å². The summed E-state index contributed by atoms with van der Waals surface area (Å²) in [6.07, 6.45) is 2.85. The molecule has 0 spiro atoms. The Bertz CT molecular complexity index is 141. The van der Waals surface area contributed by atoms with Crippen LogP contribution in [-0.2, 0) is 0 Å². The van der Waals surface area contributed by atoms with Gasteiger partial charge in [-0.3, -0.25) is 0 Å². The summed E-state index contributed by atoms with van der Waals surface area (Å²) in [6, 6.07) is 0. The van der Waals surface area contributed by atoms with Gasteiger partial charge in [-0.2, -0.15) is 0 Å². The van der Waals surface area contributed by atoms with Gasteiger partial charge < -0.3 is 0 Å². The normalized spacial score (nSPS) is 42.0. The van der Waals surface area contributed by atoms with Crippen LogP contribution in [0.2, 0.25) is 0 Å². The van der Waals surface area contributed by atoms with Crippen molar-refractivity contribution in [3.8, 4) is 0 Å². The fourth-order valence-corrected chi connectivity index (χ4v) is 2.61. The van der Waals surface area contributed by atoms with Crippen LogP contribution in [0.15, 0.2) is 0 Å². The van der Waals surface area contributed by atoms with Crippen molar-refractivity contribution in [3.63, 3.8) is 0 Å². The number of hydrogen-bond donors (Lipinski definition) is 0. The maximum atomic E-state index is 2.45. The molecule has 0 heteroatoms. The molecule has 1 rings (SSSR count). The van der Waals surface area contributed by atoms with Gasteiger partial charge in [-0.05, 0) is 35.5 Å². The predicted molar refractivity (Wildman–Crippen MR) is 55.1 cm³/mol. The second-order valence-electron chi connectivity index (χ2n) is 5.97. The van der Waals surface area contributed by atoms with Crippen LogP contribution in [-0.4, -0.2) is 0 Å². The molecule has 0 aliphatic heterocycles. The Hall–Kier alpha value is 0. The lowest BCUT2D eigenvalue weighted by Gasteiger charge is -2.58. The molecule has 0 aromatic carbocycles. The zero-order valence-electron chi connectivity index (χ0n) is 9.57. The Kier molecular flexibility index (Phi) is 2.31. The van der Waals surface area contributed by atoms with Crippen molar-refractivity contribution in [1.82, 2.24) is 0 Å². The van der Waals surface area contributed by atoms with Crippen LogP contribution >= 0.6 is 0 Å². The van der Waals surface area contributed by atoms with Crippen molar-refractivity contribution in [3.05, 3.63) is 0 Å². The van der Waals surface area contributed by atoms with Gasteiger partial charge >= 0.3 is 0 Å². The van der Waals surface area contributed by atoms with Crippen LogP contribution in [0.4, 0.5) is 0 Å². The second kappa shape index (κ2) is 2.75. The van der Waals surface area contributed by atoms with Gasteiger partial charge in [0.2, 0.25) is 0 Å². The molecule has 1 aliphatic rings. The minimum absolute atomic E-state index is 0.638. The third kappa shape index (κ3) is 1.41. The number of hydrogen-bond acceptors (Lipinski definition) is 0. The molecule has 0 amide bonds. The summed E-state index contributed by atoms with van der Waals surface area (Å²) < 4.78 is 0. The highest BCUT2D eigenvalue weighted by Crippen LogP contribution is 2.60. The van der Waals surface area contributed by atoms with E-state index in [0.717, 1.165) is 11.8 Å². The van der Waals surface area contributed by atoms with Crippen molar-refractivity contribution in [2.24, 2.45) is 22.7 Å². The van der Waals surface area contributed by atoms with Crippen LogP contribution < -0.4 is 0 Å². The van der Waals surface area contributed by atoms with E-state index < -0.39 is 0 Å². The molecule has 0 radical (unpaired) electrons. The lowest BCUT2D eigenvalue weighted by Crippen LogP contribution is -2.48. The molecule has 0 unspecified atom stereocenters. The van der Waals surface area contributed by atoms with E-state index in [9.17, 15) is 0 Å². The molecule has 12 heavy (non-hydrogen) atoms. The lowest BCUT2D eigenvalue weighted by atomic mass is 9.47. The fourth-order valence-electron chi connectivity index (χ4n) is 2.61.